The number of aldehydes is 1. The Hall–Kier alpha value is -1.02. The molecule has 0 spiro atoms. The van der Waals surface area contributed by atoms with Crippen LogP contribution in [0.15, 0.2) is 4.34 Å². The molecule has 0 amide bonds. The second kappa shape index (κ2) is 3.15. The molecule has 0 fully saturated rings. The number of nitrogens with two attached hydrogens (primary N) is 1. The lowest BCUT2D eigenvalue weighted by atomic mass is 10.9. The number of carbonyl (C=O) groups excluding carboxylic acids is 1. The van der Waals surface area contributed by atoms with Gasteiger partial charge in [-0.15, -0.1) is 10.2 Å². The number of hydrogen-bond acceptors (Lipinski definition) is 7. The number of carbonyl (C=O) groups is 1. The molecule has 1 aromatic rings. The highest BCUT2D eigenvalue weighted by Crippen LogP contribution is 2.17. The Morgan fingerprint density at radius 3 is 2.58 bits per heavy atom. The standard InChI is InChI=1S/C4H5N3O3S2/c5-3-6-7-4(11-3)12(9,10)2-1-8/h1H,2H2,(H2,5,6). The molecule has 0 radical (unpaired) electrons. The van der Waals surface area contributed by atoms with Gasteiger partial charge in [0.05, 0.1) is 0 Å². The zero-order valence-corrected chi connectivity index (χ0v) is 7.43. The van der Waals surface area contributed by atoms with Crippen molar-refractivity contribution < 1.29 is 13.2 Å². The average molecular weight is 207 g/mol. The minimum Gasteiger partial charge on any atom is -0.374 e. The lowest BCUT2D eigenvalue weighted by Gasteiger charge is -1.89. The van der Waals surface area contributed by atoms with E-state index in [1.807, 2.05) is 0 Å². The van der Waals surface area contributed by atoms with Gasteiger partial charge in [0.25, 0.3) is 0 Å². The summed E-state index contributed by atoms with van der Waals surface area (Å²) in [5.74, 6) is -0.582. The molecule has 0 unspecified atom stereocenters. The van der Waals surface area contributed by atoms with Gasteiger partial charge in [-0.25, -0.2) is 8.42 Å². The van der Waals surface area contributed by atoms with E-state index in [-0.39, 0.29) is 9.47 Å². The van der Waals surface area contributed by atoms with Crippen LogP contribution >= 0.6 is 11.3 Å². The maximum absolute atomic E-state index is 11.1. The van der Waals surface area contributed by atoms with Gasteiger partial charge in [-0.2, -0.15) is 0 Å². The van der Waals surface area contributed by atoms with Crippen LogP contribution in [0.1, 0.15) is 0 Å². The molecule has 2 N–H and O–H groups in total. The quantitative estimate of drug-likeness (QED) is 0.644. The summed E-state index contributed by atoms with van der Waals surface area (Å²) in [4.78, 5) is 9.95. The van der Waals surface area contributed by atoms with Gasteiger partial charge in [0.1, 0.15) is 12.0 Å². The Balaban J connectivity index is 3.06. The molecule has 0 aromatic carbocycles. The largest absolute Gasteiger partial charge is 0.374 e. The summed E-state index contributed by atoms with van der Waals surface area (Å²) < 4.78 is 21.9. The molecule has 6 nitrogen and oxygen atoms in total. The van der Waals surface area contributed by atoms with Crippen LogP contribution in [0.5, 0.6) is 0 Å². The SMILES string of the molecule is Nc1nnc(S(=O)(=O)CC=O)s1. The van der Waals surface area contributed by atoms with Crippen molar-refractivity contribution in [3.05, 3.63) is 0 Å². The molecule has 12 heavy (non-hydrogen) atoms. The highest BCUT2D eigenvalue weighted by molar-refractivity contribution is 7.93. The molecule has 1 aromatic heterocycles. The van der Waals surface area contributed by atoms with Crippen molar-refractivity contribution in [3.63, 3.8) is 0 Å². The van der Waals surface area contributed by atoms with Crippen LogP contribution in [0.2, 0.25) is 0 Å². The summed E-state index contributed by atoms with van der Waals surface area (Å²) in [5.41, 5.74) is 5.16. The normalized spacial score (nSPS) is 11.3. The molecule has 66 valence electrons. The van der Waals surface area contributed by atoms with E-state index >= 15 is 0 Å². The number of rotatable bonds is 3. The van der Waals surface area contributed by atoms with Gasteiger partial charge in [0.15, 0.2) is 0 Å². The summed E-state index contributed by atoms with van der Waals surface area (Å²) in [5, 5.41) is 6.69. The molecule has 0 saturated carbocycles. The summed E-state index contributed by atoms with van der Waals surface area (Å²) >= 11 is 0.743. The van der Waals surface area contributed by atoms with Crippen molar-refractivity contribution in [3.8, 4) is 0 Å². The fraction of sp³-hybridized carbons (Fsp3) is 0.250. The zero-order valence-electron chi connectivity index (χ0n) is 5.80. The van der Waals surface area contributed by atoms with E-state index in [1.54, 1.807) is 0 Å². The Morgan fingerprint density at radius 1 is 1.50 bits per heavy atom. The smallest absolute Gasteiger partial charge is 0.234 e. The van der Waals surface area contributed by atoms with Gasteiger partial charge >= 0.3 is 0 Å². The highest BCUT2D eigenvalue weighted by atomic mass is 32.2. The first-order chi connectivity index (χ1) is 5.56. The lowest BCUT2D eigenvalue weighted by molar-refractivity contribution is -0.105. The molecule has 0 atom stereocenters. The van der Waals surface area contributed by atoms with Crippen LogP contribution in [0.3, 0.4) is 0 Å². The van der Waals surface area contributed by atoms with Gasteiger partial charge < -0.3 is 10.5 Å². The van der Waals surface area contributed by atoms with Gasteiger partial charge in [-0.1, -0.05) is 11.3 Å². The summed E-state index contributed by atoms with van der Waals surface area (Å²) in [6.45, 7) is 0. The van der Waals surface area contributed by atoms with Crippen LogP contribution in [0.25, 0.3) is 0 Å². The molecule has 1 rings (SSSR count). The molecule has 0 saturated heterocycles. The topological polar surface area (TPSA) is 103 Å². The molecule has 0 aliphatic carbocycles. The number of anilines is 1. The third-order valence-corrected chi connectivity index (χ3v) is 3.72. The highest BCUT2D eigenvalue weighted by Gasteiger charge is 2.18. The number of sulfone groups is 1. The first kappa shape index (κ1) is 9.07. The van der Waals surface area contributed by atoms with E-state index in [0.29, 0.717) is 6.29 Å². The summed E-state index contributed by atoms with van der Waals surface area (Å²) in [6, 6.07) is 0. The van der Waals surface area contributed by atoms with E-state index < -0.39 is 15.6 Å². The van der Waals surface area contributed by atoms with Crippen molar-refractivity contribution in [1.82, 2.24) is 10.2 Å². The van der Waals surface area contributed by atoms with Crippen molar-refractivity contribution in [2.45, 2.75) is 4.34 Å². The minimum absolute atomic E-state index is 0.0690. The number of hydrogen-bond donors (Lipinski definition) is 1. The van der Waals surface area contributed by atoms with E-state index in [9.17, 15) is 13.2 Å². The second-order valence-electron chi connectivity index (χ2n) is 1.85. The summed E-state index contributed by atoms with van der Waals surface area (Å²) in [7, 11) is -3.59. The maximum atomic E-state index is 11.1. The molecule has 0 bridgehead atoms. The third kappa shape index (κ3) is 1.77. The van der Waals surface area contributed by atoms with Crippen LogP contribution in [-0.4, -0.2) is 30.7 Å². The Morgan fingerprint density at radius 2 is 2.17 bits per heavy atom. The molecule has 1 heterocycles. The first-order valence-electron chi connectivity index (χ1n) is 2.81. The van der Waals surface area contributed by atoms with Crippen LogP contribution in [-0.2, 0) is 14.6 Å². The maximum Gasteiger partial charge on any atom is 0.234 e. The molecule has 0 aliphatic heterocycles. The van der Waals surface area contributed by atoms with Crippen molar-refractivity contribution in [1.29, 1.82) is 0 Å². The fourth-order valence-corrected chi connectivity index (χ4v) is 2.30. The Bertz CT molecular complexity index is 382. The zero-order chi connectivity index (χ0) is 9.19. The van der Waals surface area contributed by atoms with Gasteiger partial charge in [0, 0.05) is 0 Å². The fourth-order valence-electron chi connectivity index (χ4n) is 0.507. The molecule has 0 aliphatic rings. The van der Waals surface area contributed by atoms with Gasteiger partial charge in [-0.05, 0) is 0 Å². The van der Waals surface area contributed by atoms with E-state index in [4.69, 9.17) is 5.73 Å². The lowest BCUT2D eigenvalue weighted by Crippen LogP contribution is -2.07. The molecule has 8 heteroatoms. The predicted octanol–water partition coefficient (Wildman–Crippen LogP) is -0.907. The van der Waals surface area contributed by atoms with Gasteiger partial charge in [-0.3, -0.25) is 0 Å². The Labute approximate surface area is 72.3 Å². The van der Waals surface area contributed by atoms with Crippen molar-refractivity contribution in [2.75, 3.05) is 11.5 Å². The monoisotopic (exact) mass is 207 g/mol. The molecular formula is C4H5N3O3S2. The summed E-state index contributed by atoms with van der Waals surface area (Å²) in [6.07, 6.45) is 0.299. The van der Waals surface area contributed by atoms with Crippen LogP contribution < -0.4 is 5.73 Å². The van der Waals surface area contributed by atoms with Crippen LogP contribution in [0, 0.1) is 0 Å². The first-order valence-corrected chi connectivity index (χ1v) is 5.28. The average Bonchev–Trinajstić information content (AvgIpc) is 2.36. The number of nitrogens with zero attached hydrogens (tertiary/aromatic N) is 2. The van der Waals surface area contributed by atoms with Gasteiger partial charge in [0.2, 0.25) is 19.3 Å². The van der Waals surface area contributed by atoms with E-state index in [2.05, 4.69) is 10.2 Å². The van der Waals surface area contributed by atoms with E-state index in [1.165, 1.54) is 0 Å². The number of aromatic nitrogens is 2. The minimum atomic E-state index is -3.59. The van der Waals surface area contributed by atoms with Crippen LogP contribution in [0.4, 0.5) is 5.13 Å². The second-order valence-corrected chi connectivity index (χ2v) is 5.07. The van der Waals surface area contributed by atoms with Crippen molar-refractivity contribution >= 4 is 32.6 Å². The third-order valence-electron chi connectivity index (χ3n) is 0.976. The molecular weight excluding hydrogens is 202 g/mol. The predicted molar refractivity (Wildman–Crippen MR) is 42.4 cm³/mol. The van der Waals surface area contributed by atoms with Crippen molar-refractivity contribution in [2.24, 2.45) is 0 Å². The number of nitrogen functional groups attached to an aromatic ring is 1. The van der Waals surface area contributed by atoms with E-state index in [0.717, 1.165) is 11.3 Å². The Kier molecular flexibility index (Phi) is 2.38.